The van der Waals surface area contributed by atoms with E-state index in [0.717, 1.165) is 29.5 Å². The van der Waals surface area contributed by atoms with Gasteiger partial charge in [0.25, 0.3) is 0 Å². The molecule has 0 fully saturated rings. The molecule has 19 heavy (non-hydrogen) atoms. The van der Waals surface area contributed by atoms with Crippen LogP contribution in [0.3, 0.4) is 0 Å². The number of ether oxygens (including phenoxy) is 1. The standard InChI is InChI=1S/C16H24O3/c1-5-6-7-19-15(16(17)18)10-14-12(3)8-11(2)9-13(14)4/h8-9,15H,5-7,10H2,1-4H3,(H,17,18). The Balaban J connectivity index is 2.82. The van der Waals surface area contributed by atoms with E-state index in [-0.39, 0.29) is 0 Å². The summed E-state index contributed by atoms with van der Waals surface area (Å²) in [5.74, 6) is -0.879. The Labute approximate surface area is 115 Å². The second-order valence-corrected chi connectivity index (χ2v) is 5.13. The summed E-state index contributed by atoms with van der Waals surface area (Å²) in [5, 5.41) is 9.25. The first kappa shape index (κ1) is 15.7. The van der Waals surface area contributed by atoms with Crippen molar-refractivity contribution in [2.45, 2.75) is 53.1 Å². The molecular weight excluding hydrogens is 240 g/mol. The summed E-state index contributed by atoms with van der Waals surface area (Å²) < 4.78 is 5.49. The van der Waals surface area contributed by atoms with Crippen LogP contribution in [0.1, 0.15) is 42.0 Å². The Morgan fingerprint density at radius 3 is 2.32 bits per heavy atom. The summed E-state index contributed by atoms with van der Waals surface area (Å²) in [6.07, 6.45) is 1.60. The highest BCUT2D eigenvalue weighted by Crippen LogP contribution is 2.19. The van der Waals surface area contributed by atoms with Gasteiger partial charge in [-0.1, -0.05) is 31.0 Å². The third-order valence-electron chi connectivity index (χ3n) is 3.32. The van der Waals surface area contributed by atoms with Gasteiger partial charge in [0.1, 0.15) is 0 Å². The third-order valence-corrected chi connectivity index (χ3v) is 3.32. The lowest BCUT2D eigenvalue weighted by Gasteiger charge is -2.17. The monoisotopic (exact) mass is 264 g/mol. The second-order valence-electron chi connectivity index (χ2n) is 5.13. The van der Waals surface area contributed by atoms with E-state index in [1.165, 1.54) is 5.56 Å². The van der Waals surface area contributed by atoms with Crippen LogP contribution in [0.25, 0.3) is 0 Å². The molecule has 1 unspecified atom stereocenters. The van der Waals surface area contributed by atoms with Gasteiger partial charge in [-0.15, -0.1) is 0 Å². The summed E-state index contributed by atoms with van der Waals surface area (Å²) in [6.45, 7) is 8.68. The lowest BCUT2D eigenvalue weighted by atomic mass is 9.95. The molecule has 0 saturated heterocycles. The predicted molar refractivity (Wildman–Crippen MR) is 76.6 cm³/mol. The molecule has 0 aromatic heterocycles. The van der Waals surface area contributed by atoms with Crippen molar-refractivity contribution in [1.29, 1.82) is 0 Å². The zero-order valence-corrected chi connectivity index (χ0v) is 12.3. The van der Waals surface area contributed by atoms with Crippen LogP contribution in [-0.4, -0.2) is 23.8 Å². The molecule has 1 aromatic rings. The van der Waals surface area contributed by atoms with Crippen molar-refractivity contribution in [2.75, 3.05) is 6.61 Å². The molecule has 0 radical (unpaired) electrons. The molecule has 0 saturated carbocycles. The highest BCUT2D eigenvalue weighted by Gasteiger charge is 2.20. The number of benzene rings is 1. The SMILES string of the molecule is CCCCOC(Cc1c(C)cc(C)cc1C)C(=O)O. The van der Waals surface area contributed by atoms with Gasteiger partial charge in [-0.25, -0.2) is 4.79 Å². The second kappa shape index (κ2) is 7.29. The van der Waals surface area contributed by atoms with Crippen molar-refractivity contribution in [3.05, 3.63) is 34.4 Å². The third kappa shape index (κ3) is 4.67. The van der Waals surface area contributed by atoms with Gasteiger partial charge < -0.3 is 9.84 Å². The van der Waals surface area contributed by atoms with E-state index in [2.05, 4.69) is 26.0 Å². The van der Waals surface area contributed by atoms with Crippen LogP contribution in [0.15, 0.2) is 12.1 Å². The van der Waals surface area contributed by atoms with E-state index in [1.54, 1.807) is 0 Å². The number of carbonyl (C=O) groups is 1. The van der Waals surface area contributed by atoms with Gasteiger partial charge in [0.05, 0.1) is 0 Å². The maximum absolute atomic E-state index is 11.3. The van der Waals surface area contributed by atoms with E-state index < -0.39 is 12.1 Å². The summed E-state index contributed by atoms with van der Waals surface area (Å²) in [5.41, 5.74) is 4.58. The predicted octanol–water partition coefficient (Wildman–Crippen LogP) is 3.42. The molecule has 0 aliphatic rings. The molecule has 0 bridgehead atoms. The van der Waals surface area contributed by atoms with E-state index in [9.17, 15) is 9.90 Å². The summed E-state index contributed by atoms with van der Waals surface area (Å²) in [7, 11) is 0. The van der Waals surface area contributed by atoms with Crippen molar-refractivity contribution in [3.8, 4) is 0 Å². The fourth-order valence-electron chi connectivity index (χ4n) is 2.30. The van der Waals surface area contributed by atoms with Gasteiger partial charge >= 0.3 is 5.97 Å². The van der Waals surface area contributed by atoms with Crippen LogP contribution in [-0.2, 0) is 16.0 Å². The van der Waals surface area contributed by atoms with Crippen molar-refractivity contribution in [1.82, 2.24) is 0 Å². The quantitative estimate of drug-likeness (QED) is 0.767. The van der Waals surface area contributed by atoms with Crippen LogP contribution < -0.4 is 0 Å². The summed E-state index contributed by atoms with van der Waals surface area (Å²) >= 11 is 0. The van der Waals surface area contributed by atoms with E-state index in [0.29, 0.717) is 13.0 Å². The fourth-order valence-corrected chi connectivity index (χ4v) is 2.30. The highest BCUT2D eigenvalue weighted by molar-refractivity contribution is 5.73. The first-order valence-corrected chi connectivity index (χ1v) is 6.86. The van der Waals surface area contributed by atoms with Crippen LogP contribution in [0.2, 0.25) is 0 Å². The highest BCUT2D eigenvalue weighted by atomic mass is 16.5. The van der Waals surface area contributed by atoms with Gasteiger partial charge in [-0.05, 0) is 43.9 Å². The zero-order chi connectivity index (χ0) is 14.4. The normalized spacial score (nSPS) is 12.4. The smallest absolute Gasteiger partial charge is 0.333 e. The van der Waals surface area contributed by atoms with Crippen LogP contribution in [0.4, 0.5) is 0 Å². The van der Waals surface area contributed by atoms with Crippen LogP contribution in [0, 0.1) is 20.8 Å². The number of carboxylic acids is 1. The van der Waals surface area contributed by atoms with E-state index >= 15 is 0 Å². The zero-order valence-electron chi connectivity index (χ0n) is 12.3. The molecule has 1 atom stereocenters. The minimum Gasteiger partial charge on any atom is -0.479 e. The van der Waals surface area contributed by atoms with Crippen molar-refractivity contribution in [2.24, 2.45) is 0 Å². The molecule has 0 heterocycles. The van der Waals surface area contributed by atoms with Gasteiger partial charge in [-0.2, -0.15) is 0 Å². The lowest BCUT2D eigenvalue weighted by Crippen LogP contribution is -2.27. The Hall–Kier alpha value is -1.35. The van der Waals surface area contributed by atoms with Gasteiger partial charge in [0.15, 0.2) is 6.10 Å². The molecule has 0 spiro atoms. The first-order chi connectivity index (χ1) is 8.95. The molecule has 3 nitrogen and oxygen atoms in total. The molecule has 1 N–H and O–H groups in total. The van der Waals surface area contributed by atoms with E-state index in [4.69, 9.17) is 4.74 Å². The van der Waals surface area contributed by atoms with Crippen molar-refractivity contribution in [3.63, 3.8) is 0 Å². The Bertz CT molecular complexity index is 415. The molecule has 0 aliphatic heterocycles. The van der Waals surface area contributed by atoms with Crippen molar-refractivity contribution >= 4 is 5.97 Å². The lowest BCUT2D eigenvalue weighted by molar-refractivity contribution is -0.150. The number of hydrogen-bond donors (Lipinski definition) is 1. The molecule has 1 aromatic carbocycles. The minimum atomic E-state index is -0.879. The first-order valence-electron chi connectivity index (χ1n) is 6.86. The summed E-state index contributed by atoms with van der Waals surface area (Å²) in [4.78, 5) is 11.3. The topological polar surface area (TPSA) is 46.5 Å². The Morgan fingerprint density at radius 2 is 1.84 bits per heavy atom. The number of aliphatic carboxylic acids is 1. The maximum Gasteiger partial charge on any atom is 0.333 e. The fraction of sp³-hybridized carbons (Fsp3) is 0.562. The maximum atomic E-state index is 11.3. The molecule has 0 amide bonds. The van der Waals surface area contributed by atoms with Gasteiger partial charge in [-0.3, -0.25) is 0 Å². The van der Waals surface area contributed by atoms with Crippen LogP contribution in [0.5, 0.6) is 0 Å². The number of hydrogen-bond acceptors (Lipinski definition) is 2. The average Bonchev–Trinajstić information content (AvgIpc) is 2.30. The van der Waals surface area contributed by atoms with E-state index in [1.807, 2.05) is 13.8 Å². The van der Waals surface area contributed by atoms with Gasteiger partial charge in [0.2, 0.25) is 0 Å². The Morgan fingerprint density at radius 1 is 1.26 bits per heavy atom. The van der Waals surface area contributed by atoms with Gasteiger partial charge in [0, 0.05) is 13.0 Å². The average molecular weight is 264 g/mol. The Kier molecular flexibility index (Phi) is 6.03. The summed E-state index contributed by atoms with van der Waals surface area (Å²) in [6, 6.07) is 4.18. The molecule has 1 rings (SSSR count). The molecule has 106 valence electrons. The van der Waals surface area contributed by atoms with Crippen LogP contribution >= 0.6 is 0 Å². The minimum absolute atomic E-state index is 0.441. The number of rotatable bonds is 7. The van der Waals surface area contributed by atoms with Crippen molar-refractivity contribution < 1.29 is 14.6 Å². The molecular formula is C16H24O3. The number of carboxylic acid groups (broad SMARTS) is 1. The largest absolute Gasteiger partial charge is 0.479 e. The number of aryl methyl sites for hydroxylation is 3. The number of unbranched alkanes of at least 4 members (excludes halogenated alkanes) is 1. The molecule has 0 aliphatic carbocycles. The molecule has 3 heteroatoms.